The van der Waals surface area contributed by atoms with E-state index in [1.165, 1.54) is 4.68 Å². The van der Waals surface area contributed by atoms with Crippen molar-refractivity contribution < 1.29 is 9.72 Å². The van der Waals surface area contributed by atoms with Crippen LogP contribution in [0.2, 0.25) is 0 Å². The van der Waals surface area contributed by atoms with Crippen LogP contribution in [0.1, 0.15) is 15.9 Å². The zero-order chi connectivity index (χ0) is 15.6. The van der Waals surface area contributed by atoms with Gasteiger partial charge in [0.1, 0.15) is 0 Å². The summed E-state index contributed by atoms with van der Waals surface area (Å²) in [6.45, 7) is 0.243. The van der Waals surface area contributed by atoms with Crippen LogP contribution in [0.15, 0.2) is 27.4 Å². The van der Waals surface area contributed by atoms with E-state index in [1.54, 1.807) is 18.2 Å². The molecule has 0 spiro atoms. The Kier molecular flexibility index (Phi) is 4.65. The van der Waals surface area contributed by atoms with Gasteiger partial charge in [-0.1, -0.05) is 22.0 Å². The van der Waals surface area contributed by atoms with Gasteiger partial charge in [-0.2, -0.15) is 4.68 Å². The molecule has 11 heteroatoms. The molecule has 0 aliphatic rings. The molecule has 9 nitrogen and oxygen atoms in total. The van der Waals surface area contributed by atoms with E-state index in [1.807, 2.05) is 5.43 Å². The number of carbonyl (C=O) groups is 1. The Morgan fingerprint density at radius 2 is 2.19 bits per heavy atom. The van der Waals surface area contributed by atoms with E-state index < -0.39 is 16.8 Å². The SMILES string of the molecule is NNC(=O)c1ccc(Cn2nc([N+](=O)[O-])nc2Br)c(Br)c1. The lowest BCUT2D eigenvalue weighted by Crippen LogP contribution is -2.29. The molecule has 1 aromatic heterocycles. The van der Waals surface area contributed by atoms with Crippen LogP contribution in [-0.4, -0.2) is 25.6 Å². The van der Waals surface area contributed by atoms with Gasteiger partial charge in [0.25, 0.3) is 10.6 Å². The van der Waals surface area contributed by atoms with Crippen molar-refractivity contribution in [2.24, 2.45) is 5.84 Å². The summed E-state index contributed by atoms with van der Waals surface area (Å²) in [5.74, 6) is 4.15. The summed E-state index contributed by atoms with van der Waals surface area (Å²) in [6.07, 6.45) is 0. The van der Waals surface area contributed by atoms with Crippen LogP contribution in [0.4, 0.5) is 5.95 Å². The highest BCUT2D eigenvalue weighted by Crippen LogP contribution is 2.21. The molecular weight excluding hydrogens is 412 g/mol. The van der Waals surface area contributed by atoms with Gasteiger partial charge in [-0.15, -0.1) is 0 Å². The minimum absolute atomic E-state index is 0.241. The van der Waals surface area contributed by atoms with Gasteiger partial charge in [-0.3, -0.25) is 10.2 Å². The number of amides is 1. The summed E-state index contributed by atoms with van der Waals surface area (Å²) < 4.78 is 2.22. The second-order valence-corrected chi connectivity index (χ2v) is 5.44. The number of benzene rings is 1. The maximum atomic E-state index is 11.4. The molecule has 0 radical (unpaired) electrons. The summed E-state index contributed by atoms with van der Waals surface area (Å²) in [5, 5.41) is 14.4. The van der Waals surface area contributed by atoms with Gasteiger partial charge in [-0.05, 0) is 27.6 Å². The molecule has 0 unspecified atom stereocenters. The van der Waals surface area contributed by atoms with Crippen LogP contribution in [0.3, 0.4) is 0 Å². The third kappa shape index (κ3) is 3.43. The van der Waals surface area contributed by atoms with Crippen LogP contribution in [0.25, 0.3) is 0 Å². The molecule has 1 amide bonds. The highest BCUT2D eigenvalue weighted by Gasteiger charge is 2.20. The predicted octanol–water partition coefficient (Wildman–Crippen LogP) is 1.36. The van der Waals surface area contributed by atoms with Crippen molar-refractivity contribution in [2.75, 3.05) is 0 Å². The van der Waals surface area contributed by atoms with E-state index >= 15 is 0 Å². The van der Waals surface area contributed by atoms with Gasteiger partial charge in [0, 0.05) is 31.1 Å². The van der Waals surface area contributed by atoms with Crippen LogP contribution < -0.4 is 11.3 Å². The van der Waals surface area contributed by atoms with Crippen molar-refractivity contribution in [1.29, 1.82) is 0 Å². The van der Waals surface area contributed by atoms with Crippen molar-refractivity contribution in [2.45, 2.75) is 6.54 Å². The second kappa shape index (κ2) is 6.28. The van der Waals surface area contributed by atoms with Gasteiger partial charge >= 0.3 is 5.95 Å². The molecule has 1 aromatic carbocycles. The first kappa shape index (κ1) is 15.5. The molecule has 21 heavy (non-hydrogen) atoms. The first-order valence-electron chi connectivity index (χ1n) is 5.46. The molecule has 0 aliphatic carbocycles. The minimum Gasteiger partial charge on any atom is -0.390 e. The lowest BCUT2D eigenvalue weighted by Gasteiger charge is -2.05. The number of halogens is 2. The number of aromatic nitrogens is 3. The van der Waals surface area contributed by atoms with E-state index in [0.29, 0.717) is 10.0 Å². The Morgan fingerprint density at radius 1 is 1.48 bits per heavy atom. The molecule has 0 fully saturated rings. The molecular formula is C10H8Br2N6O3. The number of nitrogens with zero attached hydrogens (tertiary/aromatic N) is 4. The molecule has 3 N–H and O–H groups in total. The standard InChI is InChI=1S/C10H8Br2N6O3/c11-7-3-5(8(19)15-13)1-2-6(7)4-17-9(12)14-10(16-17)18(20)21/h1-3H,4,13H2,(H,15,19). The zero-order valence-corrected chi connectivity index (χ0v) is 13.5. The molecule has 0 saturated carbocycles. The fraction of sp³-hybridized carbons (Fsp3) is 0.100. The number of hydrogen-bond acceptors (Lipinski definition) is 6. The molecule has 2 aromatic rings. The summed E-state index contributed by atoms with van der Waals surface area (Å²) in [5.41, 5.74) is 3.19. The summed E-state index contributed by atoms with van der Waals surface area (Å²) in [6, 6.07) is 4.87. The fourth-order valence-corrected chi connectivity index (χ4v) is 2.42. The first-order chi connectivity index (χ1) is 9.92. The number of hydrogen-bond donors (Lipinski definition) is 2. The third-order valence-electron chi connectivity index (χ3n) is 2.55. The molecule has 1 heterocycles. The quantitative estimate of drug-likeness (QED) is 0.333. The Balaban J connectivity index is 2.28. The van der Waals surface area contributed by atoms with Crippen molar-refractivity contribution in [1.82, 2.24) is 20.2 Å². The average Bonchev–Trinajstić information content (AvgIpc) is 2.81. The van der Waals surface area contributed by atoms with Gasteiger partial charge < -0.3 is 10.1 Å². The van der Waals surface area contributed by atoms with Crippen LogP contribution in [0.5, 0.6) is 0 Å². The van der Waals surface area contributed by atoms with Crippen molar-refractivity contribution in [3.63, 3.8) is 0 Å². The summed E-state index contributed by atoms with van der Waals surface area (Å²) in [4.78, 5) is 25.0. The van der Waals surface area contributed by atoms with Gasteiger partial charge in [-0.25, -0.2) is 5.84 Å². The Bertz CT molecular complexity index is 717. The number of nitrogen functional groups attached to an aromatic ring is 1. The van der Waals surface area contributed by atoms with Gasteiger partial charge in [0.15, 0.2) is 0 Å². The minimum atomic E-state index is -0.676. The summed E-state index contributed by atoms with van der Waals surface area (Å²) in [7, 11) is 0. The lowest BCUT2D eigenvalue weighted by molar-refractivity contribution is -0.394. The molecule has 0 saturated heterocycles. The highest BCUT2D eigenvalue weighted by atomic mass is 79.9. The Morgan fingerprint density at radius 3 is 2.71 bits per heavy atom. The molecule has 0 atom stereocenters. The maximum Gasteiger partial charge on any atom is 0.492 e. The van der Waals surface area contributed by atoms with E-state index in [0.717, 1.165) is 5.56 Å². The molecule has 2 rings (SSSR count). The fourth-order valence-electron chi connectivity index (χ4n) is 1.55. The second-order valence-electron chi connectivity index (χ2n) is 3.88. The highest BCUT2D eigenvalue weighted by molar-refractivity contribution is 9.10. The molecule has 0 bridgehead atoms. The van der Waals surface area contributed by atoms with Crippen molar-refractivity contribution in [3.8, 4) is 0 Å². The molecule has 110 valence electrons. The largest absolute Gasteiger partial charge is 0.492 e. The summed E-state index contributed by atoms with van der Waals surface area (Å²) >= 11 is 6.44. The maximum absolute atomic E-state index is 11.4. The Labute approximate surface area is 134 Å². The smallest absolute Gasteiger partial charge is 0.390 e. The number of rotatable bonds is 4. The first-order valence-corrected chi connectivity index (χ1v) is 7.05. The van der Waals surface area contributed by atoms with Crippen LogP contribution in [0, 0.1) is 10.1 Å². The van der Waals surface area contributed by atoms with E-state index in [-0.39, 0.29) is 11.3 Å². The number of nitrogens with two attached hydrogens (primary N) is 1. The zero-order valence-electron chi connectivity index (χ0n) is 10.3. The topological polar surface area (TPSA) is 129 Å². The third-order valence-corrected chi connectivity index (χ3v) is 3.87. The Hall–Kier alpha value is -1.85. The van der Waals surface area contributed by atoms with Crippen LogP contribution in [-0.2, 0) is 6.54 Å². The van der Waals surface area contributed by atoms with Crippen molar-refractivity contribution >= 4 is 43.7 Å². The molecule has 0 aliphatic heterocycles. The predicted molar refractivity (Wildman–Crippen MR) is 79.3 cm³/mol. The average molecular weight is 420 g/mol. The lowest BCUT2D eigenvalue weighted by atomic mass is 10.1. The number of nitro groups is 1. The number of carbonyl (C=O) groups excluding carboxylic acids is 1. The number of hydrazine groups is 1. The van der Waals surface area contributed by atoms with Crippen molar-refractivity contribution in [3.05, 3.63) is 48.6 Å². The van der Waals surface area contributed by atoms with E-state index in [9.17, 15) is 14.9 Å². The van der Waals surface area contributed by atoms with Gasteiger partial charge in [0.2, 0.25) is 0 Å². The van der Waals surface area contributed by atoms with E-state index in [4.69, 9.17) is 5.84 Å². The number of nitrogens with one attached hydrogen (secondary N) is 1. The normalized spacial score (nSPS) is 10.4. The van der Waals surface area contributed by atoms with Gasteiger partial charge in [0.05, 0.1) is 6.54 Å². The van der Waals surface area contributed by atoms with E-state index in [2.05, 4.69) is 41.9 Å². The monoisotopic (exact) mass is 418 g/mol. The van der Waals surface area contributed by atoms with Crippen LogP contribution >= 0.6 is 31.9 Å².